The van der Waals surface area contributed by atoms with E-state index in [-0.39, 0.29) is 11.8 Å². The van der Waals surface area contributed by atoms with Crippen LogP contribution in [0, 0.1) is 5.92 Å². The van der Waals surface area contributed by atoms with Gasteiger partial charge in [0.2, 0.25) is 0 Å². The third-order valence-electron chi connectivity index (χ3n) is 3.53. The summed E-state index contributed by atoms with van der Waals surface area (Å²) in [7, 11) is 0. The van der Waals surface area contributed by atoms with Gasteiger partial charge in [-0.2, -0.15) is 0 Å². The number of nitrogens with two attached hydrogens (primary N) is 1. The monoisotopic (exact) mass is 239 g/mol. The predicted octanol–water partition coefficient (Wildman–Crippen LogP) is 3.63. The van der Waals surface area contributed by atoms with Crippen molar-refractivity contribution in [3.8, 4) is 5.75 Å². The van der Waals surface area contributed by atoms with Crippen LogP contribution in [0.1, 0.15) is 43.7 Å². The quantitative estimate of drug-likeness (QED) is 0.828. The van der Waals surface area contributed by atoms with E-state index < -0.39 is 0 Å². The van der Waals surface area contributed by atoms with Gasteiger partial charge in [0.25, 0.3) is 0 Å². The Morgan fingerprint density at radius 1 is 1.25 bits per heavy atom. The molecule has 0 saturated heterocycles. The number of phenolic OH excluding ortho intramolecular Hbond substituents is 1. The lowest BCUT2D eigenvalue weighted by Crippen LogP contribution is -2.23. The van der Waals surface area contributed by atoms with E-state index in [1.165, 1.54) is 19.3 Å². The fourth-order valence-electron chi connectivity index (χ4n) is 2.55. The summed E-state index contributed by atoms with van der Waals surface area (Å²) in [6.07, 6.45) is 6.13. The second-order valence-electron chi connectivity index (χ2n) is 4.60. The molecule has 1 atom stereocenters. The molecule has 1 aromatic rings. The maximum absolute atomic E-state index is 9.89. The van der Waals surface area contributed by atoms with Crippen LogP contribution in [-0.4, -0.2) is 5.11 Å². The number of phenols is 1. The Morgan fingerprint density at radius 2 is 1.94 bits per heavy atom. The molecule has 0 spiro atoms. The second kappa shape index (κ2) is 5.07. The predicted molar refractivity (Wildman–Crippen MR) is 66.6 cm³/mol. The second-order valence-corrected chi connectivity index (χ2v) is 5.01. The SMILES string of the molecule is N[C@@H](c1cccc(Cl)c1O)C1CCCCC1. The molecule has 3 heteroatoms. The number of hydrogen-bond donors (Lipinski definition) is 2. The Labute approximate surface area is 101 Å². The maximum atomic E-state index is 9.89. The first kappa shape index (κ1) is 11.7. The molecule has 88 valence electrons. The maximum Gasteiger partial charge on any atom is 0.138 e. The number of rotatable bonds is 2. The average molecular weight is 240 g/mol. The molecule has 1 aromatic carbocycles. The fraction of sp³-hybridized carbons (Fsp3) is 0.538. The van der Waals surface area contributed by atoms with Gasteiger partial charge in [0, 0.05) is 11.6 Å². The molecule has 3 N–H and O–H groups in total. The molecule has 0 amide bonds. The molecule has 0 aliphatic heterocycles. The van der Waals surface area contributed by atoms with Gasteiger partial charge in [-0.1, -0.05) is 43.0 Å². The largest absolute Gasteiger partial charge is 0.506 e. The van der Waals surface area contributed by atoms with Crippen LogP contribution in [0.4, 0.5) is 0 Å². The summed E-state index contributed by atoms with van der Waals surface area (Å²) in [4.78, 5) is 0. The van der Waals surface area contributed by atoms with Crippen LogP contribution in [0.3, 0.4) is 0 Å². The Morgan fingerprint density at radius 3 is 2.62 bits per heavy atom. The van der Waals surface area contributed by atoms with Gasteiger partial charge in [-0.05, 0) is 24.8 Å². The van der Waals surface area contributed by atoms with Gasteiger partial charge >= 0.3 is 0 Å². The third-order valence-corrected chi connectivity index (χ3v) is 3.84. The van der Waals surface area contributed by atoms with E-state index in [4.69, 9.17) is 17.3 Å². The van der Waals surface area contributed by atoms with Gasteiger partial charge in [0.1, 0.15) is 5.75 Å². The smallest absolute Gasteiger partial charge is 0.138 e. The van der Waals surface area contributed by atoms with Crippen molar-refractivity contribution in [3.63, 3.8) is 0 Å². The lowest BCUT2D eigenvalue weighted by molar-refractivity contribution is 0.303. The summed E-state index contributed by atoms with van der Waals surface area (Å²) in [6.45, 7) is 0. The zero-order valence-electron chi connectivity index (χ0n) is 9.32. The number of aromatic hydroxyl groups is 1. The minimum Gasteiger partial charge on any atom is -0.506 e. The highest BCUT2D eigenvalue weighted by atomic mass is 35.5. The number of para-hydroxylation sites is 1. The molecular weight excluding hydrogens is 222 g/mol. The molecule has 1 aliphatic rings. The summed E-state index contributed by atoms with van der Waals surface area (Å²) in [5.74, 6) is 0.639. The van der Waals surface area contributed by atoms with Gasteiger partial charge in [-0.15, -0.1) is 0 Å². The number of halogens is 1. The highest BCUT2D eigenvalue weighted by Gasteiger charge is 2.24. The zero-order valence-corrected chi connectivity index (χ0v) is 10.1. The van der Waals surface area contributed by atoms with Crippen molar-refractivity contribution in [2.45, 2.75) is 38.1 Å². The van der Waals surface area contributed by atoms with Crippen molar-refractivity contribution in [1.29, 1.82) is 0 Å². The molecule has 0 aromatic heterocycles. The van der Waals surface area contributed by atoms with E-state index in [1.54, 1.807) is 6.07 Å². The minimum atomic E-state index is -0.0843. The van der Waals surface area contributed by atoms with Crippen LogP contribution in [0.2, 0.25) is 5.02 Å². The number of benzene rings is 1. The topological polar surface area (TPSA) is 46.2 Å². The third kappa shape index (κ3) is 2.33. The average Bonchev–Trinajstić information content (AvgIpc) is 2.33. The van der Waals surface area contributed by atoms with Crippen molar-refractivity contribution in [3.05, 3.63) is 28.8 Å². The Bertz CT molecular complexity index is 361. The Kier molecular flexibility index (Phi) is 3.72. The van der Waals surface area contributed by atoms with Crippen LogP contribution in [0.5, 0.6) is 5.75 Å². The molecule has 2 rings (SSSR count). The normalized spacial score (nSPS) is 19.6. The molecule has 0 radical (unpaired) electrons. The van der Waals surface area contributed by atoms with E-state index in [2.05, 4.69) is 0 Å². The fourth-order valence-corrected chi connectivity index (χ4v) is 2.73. The van der Waals surface area contributed by atoms with E-state index in [0.717, 1.165) is 18.4 Å². The molecule has 0 bridgehead atoms. The summed E-state index contributed by atoms with van der Waals surface area (Å²) < 4.78 is 0. The molecule has 1 fully saturated rings. The van der Waals surface area contributed by atoms with Crippen LogP contribution < -0.4 is 5.73 Å². The van der Waals surface area contributed by atoms with Gasteiger partial charge in [-0.3, -0.25) is 0 Å². The van der Waals surface area contributed by atoms with E-state index >= 15 is 0 Å². The van der Waals surface area contributed by atoms with Crippen molar-refractivity contribution in [2.75, 3.05) is 0 Å². The standard InChI is InChI=1S/C13H18ClNO/c14-11-8-4-7-10(13(11)16)12(15)9-5-2-1-3-6-9/h4,7-9,12,16H,1-3,5-6,15H2/t12-/m1/s1. The van der Waals surface area contributed by atoms with E-state index in [1.807, 2.05) is 12.1 Å². The highest BCUT2D eigenvalue weighted by molar-refractivity contribution is 6.32. The molecule has 16 heavy (non-hydrogen) atoms. The van der Waals surface area contributed by atoms with Gasteiger partial charge in [-0.25, -0.2) is 0 Å². The van der Waals surface area contributed by atoms with Crippen molar-refractivity contribution in [2.24, 2.45) is 11.7 Å². The number of hydrogen-bond acceptors (Lipinski definition) is 2. The van der Waals surface area contributed by atoms with Crippen LogP contribution in [-0.2, 0) is 0 Å². The molecule has 1 aliphatic carbocycles. The lowest BCUT2D eigenvalue weighted by atomic mass is 9.81. The first-order valence-electron chi connectivity index (χ1n) is 5.93. The molecule has 2 nitrogen and oxygen atoms in total. The van der Waals surface area contributed by atoms with Crippen LogP contribution >= 0.6 is 11.6 Å². The summed E-state index contributed by atoms with van der Waals surface area (Å²) in [5, 5.41) is 10.3. The summed E-state index contributed by atoms with van der Waals surface area (Å²) >= 11 is 5.89. The Balaban J connectivity index is 2.19. The van der Waals surface area contributed by atoms with Gasteiger partial charge < -0.3 is 10.8 Å². The first-order chi connectivity index (χ1) is 7.70. The summed E-state index contributed by atoms with van der Waals surface area (Å²) in [6, 6.07) is 5.33. The van der Waals surface area contributed by atoms with Crippen LogP contribution in [0.25, 0.3) is 0 Å². The zero-order chi connectivity index (χ0) is 11.5. The molecular formula is C13H18ClNO. The van der Waals surface area contributed by atoms with Crippen molar-refractivity contribution >= 4 is 11.6 Å². The summed E-state index contributed by atoms with van der Waals surface area (Å²) in [5.41, 5.74) is 7.01. The molecule has 1 saturated carbocycles. The van der Waals surface area contributed by atoms with E-state index in [9.17, 15) is 5.11 Å². The van der Waals surface area contributed by atoms with Crippen molar-refractivity contribution < 1.29 is 5.11 Å². The Hall–Kier alpha value is -0.730. The van der Waals surface area contributed by atoms with Crippen molar-refractivity contribution in [1.82, 2.24) is 0 Å². The molecule has 0 unspecified atom stereocenters. The molecule has 0 heterocycles. The van der Waals surface area contributed by atoms with Gasteiger partial charge in [0.15, 0.2) is 0 Å². The highest BCUT2D eigenvalue weighted by Crippen LogP contribution is 2.38. The van der Waals surface area contributed by atoms with Crippen LogP contribution in [0.15, 0.2) is 18.2 Å². The van der Waals surface area contributed by atoms with Gasteiger partial charge in [0.05, 0.1) is 5.02 Å². The first-order valence-corrected chi connectivity index (χ1v) is 6.31. The minimum absolute atomic E-state index is 0.0843. The van der Waals surface area contributed by atoms with E-state index in [0.29, 0.717) is 10.9 Å². The lowest BCUT2D eigenvalue weighted by Gasteiger charge is -2.28.